The molecule has 0 aliphatic rings. The SMILES string of the molecule is O=S(=O)(NCCCBr)c1cccc2ccccc12. The standard InChI is InChI=1S/C13H14BrNO2S/c14-9-4-10-15-18(16,17)13-8-3-6-11-5-1-2-7-12(11)13/h1-3,5-8,15H,4,9-10H2. The number of benzene rings is 2. The summed E-state index contributed by atoms with van der Waals surface area (Å²) in [5, 5.41) is 2.47. The van der Waals surface area contributed by atoms with Crippen molar-refractivity contribution in [1.82, 2.24) is 4.72 Å². The average Bonchev–Trinajstić information content (AvgIpc) is 2.38. The van der Waals surface area contributed by atoms with Crippen molar-refractivity contribution in [3.05, 3.63) is 42.5 Å². The third-order valence-corrected chi connectivity index (χ3v) is 4.72. The molecule has 0 unspecified atom stereocenters. The van der Waals surface area contributed by atoms with Gasteiger partial charge in [0.2, 0.25) is 10.0 Å². The second-order valence-electron chi connectivity index (χ2n) is 3.92. The fraction of sp³-hybridized carbons (Fsp3) is 0.231. The van der Waals surface area contributed by atoms with E-state index in [4.69, 9.17) is 0 Å². The molecule has 3 nitrogen and oxygen atoms in total. The highest BCUT2D eigenvalue weighted by Crippen LogP contribution is 2.22. The molecule has 2 aromatic carbocycles. The number of hydrogen-bond acceptors (Lipinski definition) is 2. The lowest BCUT2D eigenvalue weighted by Gasteiger charge is -2.08. The molecular formula is C13H14BrNO2S. The Morgan fingerprint density at radius 3 is 2.56 bits per heavy atom. The van der Waals surface area contributed by atoms with Crippen molar-refractivity contribution in [2.75, 3.05) is 11.9 Å². The minimum absolute atomic E-state index is 0.343. The van der Waals surface area contributed by atoms with E-state index in [1.54, 1.807) is 12.1 Å². The van der Waals surface area contributed by atoms with E-state index in [-0.39, 0.29) is 0 Å². The van der Waals surface area contributed by atoms with Crippen molar-refractivity contribution in [2.24, 2.45) is 0 Å². The van der Waals surface area contributed by atoms with Crippen LogP contribution in [0.2, 0.25) is 0 Å². The van der Waals surface area contributed by atoms with E-state index in [1.165, 1.54) is 0 Å². The predicted octanol–water partition coefficient (Wildman–Crippen LogP) is 2.90. The van der Waals surface area contributed by atoms with Gasteiger partial charge in [-0.25, -0.2) is 13.1 Å². The van der Waals surface area contributed by atoms with Crippen LogP contribution in [0.4, 0.5) is 0 Å². The molecule has 0 heterocycles. The maximum atomic E-state index is 12.2. The number of fused-ring (bicyclic) bond motifs is 1. The summed E-state index contributed by atoms with van der Waals surface area (Å²) in [4.78, 5) is 0.343. The monoisotopic (exact) mass is 327 g/mol. The van der Waals surface area contributed by atoms with Crippen molar-refractivity contribution in [2.45, 2.75) is 11.3 Å². The number of alkyl halides is 1. The van der Waals surface area contributed by atoms with Gasteiger partial charge in [0.1, 0.15) is 0 Å². The van der Waals surface area contributed by atoms with Crippen LogP contribution in [0.25, 0.3) is 10.8 Å². The highest BCUT2D eigenvalue weighted by molar-refractivity contribution is 9.09. The summed E-state index contributed by atoms with van der Waals surface area (Å²) in [6, 6.07) is 12.8. The summed E-state index contributed by atoms with van der Waals surface area (Å²) in [5.74, 6) is 0. The highest BCUT2D eigenvalue weighted by Gasteiger charge is 2.15. The van der Waals surface area contributed by atoms with Crippen LogP contribution in [-0.4, -0.2) is 20.3 Å². The lowest BCUT2D eigenvalue weighted by molar-refractivity contribution is 0.582. The summed E-state index contributed by atoms with van der Waals surface area (Å²) in [6.45, 7) is 0.441. The Balaban J connectivity index is 2.41. The molecule has 2 rings (SSSR count). The molecule has 0 saturated heterocycles. The second kappa shape index (κ2) is 5.82. The summed E-state index contributed by atoms with van der Waals surface area (Å²) in [5.41, 5.74) is 0. The van der Waals surface area contributed by atoms with E-state index >= 15 is 0 Å². The van der Waals surface area contributed by atoms with Crippen LogP contribution >= 0.6 is 15.9 Å². The summed E-state index contributed by atoms with van der Waals surface area (Å²) < 4.78 is 27.0. The van der Waals surface area contributed by atoms with Crippen LogP contribution in [0.1, 0.15) is 6.42 Å². The van der Waals surface area contributed by atoms with Gasteiger partial charge in [-0.05, 0) is 17.9 Å². The molecule has 18 heavy (non-hydrogen) atoms. The Morgan fingerprint density at radius 1 is 1.06 bits per heavy atom. The lowest BCUT2D eigenvalue weighted by atomic mass is 10.1. The molecule has 0 amide bonds. The maximum absolute atomic E-state index is 12.2. The third-order valence-electron chi connectivity index (χ3n) is 2.64. The Labute approximate surface area is 115 Å². The number of rotatable bonds is 5. The quantitative estimate of drug-likeness (QED) is 0.678. The molecule has 96 valence electrons. The molecule has 0 bridgehead atoms. The molecule has 0 fully saturated rings. The van der Waals surface area contributed by atoms with Gasteiger partial charge in [0.05, 0.1) is 4.90 Å². The molecule has 0 saturated carbocycles. The van der Waals surface area contributed by atoms with Gasteiger partial charge in [-0.2, -0.15) is 0 Å². The first-order chi connectivity index (χ1) is 8.65. The van der Waals surface area contributed by atoms with Crippen LogP contribution in [0.3, 0.4) is 0 Å². The minimum atomic E-state index is -3.43. The van der Waals surface area contributed by atoms with Crippen molar-refractivity contribution in [1.29, 1.82) is 0 Å². The van der Waals surface area contributed by atoms with Gasteiger partial charge in [-0.3, -0.25) is 0 Å². The van der Waals surface area contributed by atoms with Crippen LogP contribution in [0.15, 0.2) is 47.4 Å². The molecule has 0 atom stereocenters. The molecule has 0 radical (unpaired) electrons. The largest absolute Gasteiger partial charge is 0.241 e. The average molecular weight is 328 g/mol. The van der Waals surface area contributed by atoms with E-state index in [2.05, 4.69) is 20.7 Å². The topological polar surface area (TPSA) is 46.2 Å². The summed E-state index contributed by atoms with van der Waals surface area (Å²) in [7, 11) is -3.43. The van der Waals surface area contributed by atoms with Gasteiger partial charge in [0.25, 0.3) is 0 Å². The van der Waals surface area contributed by atoms with E-state index in [9.17, 15) is 8.42 Å². The van der Waals surface area contributed by atoms with Crippen LogP contribution in [0, 0.1) is 0 Å². The molecule has 5 heteroatoms. The first-order valence-electron chi connectivity index (χ1n) is 5.68. The Kier molecular flexibility index (Phi) is 4.37. The third kappa shape index (κ3) is 2.91. The first-order valence-corrected chi connectivity index (χ1v) is 8.29. The van der Waals surface area contributed by atoms with Crippen molar-refractivity contribution in [3.8, 4) is 0 Å². The van der Waals surface area contributed by atoms with Crippen molar-refractivity contribution < 1.29 is 8.42 Å². The van der Waals surface area contributed by atoms with E-state index in [0.717, 1.165) is 22.5 Å². The molecule has 0 spiro atoms. The highest BCUT2D eigenvalue weighted by atomic mass is 79.9. The smallest absolute Gasteiger partial charge is 0.211 e. The summed E-state index contributed by atoms with van der Waals surface area (Å²) in [6.07, 6.45) is 0.768. The predicted molar refractivity (Wildman–Crippen MR) is 77.5 cm³/mol. The zero-order valence-electron chi connectivity index (χ0n) is 9.77. The fourth-order valence-electron chi connectivity index (χ4n) is 1.78. The molecule has 1 N–H and O–H groups in total. The molecule has 0 aliphatic carbocycles. The molecular weight excluding hydrogens is 314 g/mol. The first kappa shape index (κ1) is 13.5. The zero-order valence-corrected chi connectivity index (χ0v) is 12.2. The number of nitrogens with one attached hydrogen (secondary N) is 1. The Bertz CT molecular complexity index is 635. The minimum Gasteiger partial charge on any atom is -0.211 e. The Morgan fingerprint density at radius 2 is 1.78 bits per heavy atom. The zero-order chi connectivity index (χ0) is 13.0. The Hall–Kier alpha value is -0.910. The molecule has 2 aromatic rings. The fourth-order valence-corrected chi connectivity index (χ4v) is 3.36. The van der Waals surface area contributed by atoms with Gasteiger partial charge >= 0.3 is 0 Å². The molecule has 0 aliphatic heterocycles. The number of sulfonamides is 1. The van der Waals surface area contributed by atoms with Crippen molar-refractivity contribution >= 4 is 36.7 Å². The number of halogens is 1. The normalized spacial score (nSPS) is 11.8. The van der Waals surface area contributed by atoms with Crippen LogP contribution < -0.4 is 4.72 Å². The molecule has 0 aromatic heterocycles. The second-order valence-corrected chi connectivity index (χ2v) is 6.45. The van der Waals surface area contributed by atoms with E-state index < -0.39 is 10.0 Å². The summed E-state index contributed by atoms with van der Waals surface area (Å²) >= 11 is 3.28. The van der Waals surface area contributed by atoms with Crippen LogP contribution in [-0.2, 0) is 10.0 Å². The number of hydrogen-bond donors (Lipinski definition) is 1. The van der Waals surface area contributed by atoms with Crippen LogP contribution in [0.5, 0.6) is 0 Å². The van der Waals surface area contributed by atoms with Gasteiger partial charge in [-0.15, -0.1) is 0 Å². The van der Waals surface area contributed by atoms with Gasteiger partial charge in [0, 0.05) is 17.3 Å². The van der Waals surface area contributed by atoms with Crippen molar-refractivity contribution in [3.63, 3.8) is 0 Å². The van der Waals surface area contributed by atoms with Gasteiger partial charge < -0.3 is 0 Å². The van der Waals surface area contributed by atoms with E-state index in [1.807, 2.05) is 30.3 Å². The van der Waals surface area contributed by atoms with Gasteiger partial charge in [0.15, 0.2) is 0 Å². The maximum Gasteiger partial charge on any atom is 0.241 e. The van der Waals surface area contributed by atoms with E-state index in [0.29, 0.717) is 11.4 Å². The van der Waals surface area contributed by atoms with Gasteiger partial charge in [-0.1, -0.05) is 52.3 Å². The lowest BCUT2D eigenvalue weighted by Crippen LogP contribution is -2.25.